The fraction of sp³-hybridized carbons (Fsp3) is 0.158. The summed E-state index contributed by atoms with van der Waals surface area (Å²) < 4.78 is 41.4. The monoisotopic (exact) mass is 383 g/mol. The van der Waals surface area contributed by atoms with Gasteiger partial charge < -0.3 is 0 Å². The van der Waals surface area contributed by atoms with Crippen LogP contribution in [0, 0.1) is 31.0 Å². The number of aromatic amines is 1. The summed E-state index contributed by atoms with van der Waals surface area (Å²) in [5.41, 5.74) is -0.298. The van der Waals surface area contributed by atoms with Crippen LogP contribution in [-0.2, 0) is 0 Å². The van der Waals surface area contributed by atoms with E-state index < -0.39 is 23.5 Å². The van der Waals surface area contributed by atoms with Crippen LogP contribution in [0.1, 0.15) is 28.9 Å². The Balaban J connectivity index is 2.12. The first-order chi connectivity index (χ1) is 13.3. The molecule has 0 aliphatic rings. The number of H-pyrrole nitrogens is 1. The number of rotatable bonds is 2. The molecule has 1 aromatic carbocycles. The van der Waals surface area contributed by atoms with Gasteiger partial charge in [-0.25, -0.2) is 18.2 Å². The van der Waals surface area contributed by atoms with Gasteiger partial charge in [0.05, 0.1) is 16.8 Å². The summed E-state index contributed by atoms with van der Waals surface area (Å²) >= 11 is 0. The number of fused-ring (bicyclic) bond motifs is 2. The maximum atomic E-state index is 14.1. The Morgan fingerprint density at radius 1 is 1.29 bits per heavy atom. The van der Waals surface area contributed by atoms with E-state index in [1.54, 1.807) is 19.1 Å². The highest BCUT2D eigenvalue weighted by Crippen LogP contribution is 2.30. The summed E-state index contributed by atoms with van der Waals surface area (Å²) in [6, 6.07) is 6.04. The van der Waals surface area contributed by atoms with Crippen LogP contribution in [0.15, 0.2) is 29.2 Å². The molecule has 0 saturated carbocycles. The molecule has 0 unspecified atom stereocenters. The first-order valence-electron chi connectivity index (χ1n) is 8.22. The molecule has 4 rings (SSSR count). The minimum Gasteiger partial charge on any atom is -0.287 e. The van der Waals surface area contributed by atoms with Crippen molar-refractivity contribution in [3.63, 3.8) is 0 Å². The molecule has 0 aliphatic carbocycles. The summed E-state index contributed by atoms with van der Waals surface area (Å²) in [7, 11) is 0. The maximum absolute atomic E-state index is 14.1. The Hall–Kier alpha value is -3.67. The molecule has 3 heterocycles. The molecule has 0 bridgehead atoms. The molecule has 28 heavy (non-hydrogen) atoms. The summed E-state index contributed by atoms with van der Waals surface area (Å²) in [6.45, 7) is 3.13. The average molecular weight is 383 g/mol. The molecule has 0 spiro atoms. The van der Waals surface area contributed by atoms with E-state index in [2.05, 4.69) is 15.1 Å². The average Bonchev–Trinajstić information content (AvgIpc) is 3.02. The van der Waals surface area contributed by atoms with Crippen molar-refractivity contribution in [3.8, 4) is 17.2 Å². The molecular weight excluding hydrogens is 371 g/mol. The van der Waals surface area contributed by atoms with E-state index in [0.29, 0.717) is 22.0 Å². The second-order valence-electron chi connectivity index (χ2n) is 6.33. The molecule has 140 valence electrons. The number of aromatic nitrogens is 4. The minimum absolute atomic E-state index is 0.111. The standard InChI is InChI=1S/C19H12F3N5O/c1-8-5-14-11(6-13(8)20)10(3-4-24-14)15-9(2)25-18-12(7-23)16(17(21)22)26-27(18)19(15)28/h3-6,17,26H,1-2H3. The number of nitrogens with zero attached hydrogens (tertiary/aromatic N) is 4. The van der Waals surface area contributed by atoms with Crippen LogP contribution in [-0.4, -0.2) is 19.6 Å². The lowest BCUT2D eigenvalue weighted by Gasteiger charge is -2.10. The molecular formula is C19H12F3N5O. The number of hydrogen-bond acceptors (Lipinski definition) is 4. The number of aryl methyl sites for hydroxylation is 2. The van der Waals surface area contributed by atoms with Crippen LogP contribution in [0.4, 0.5) is 13.2 Å². The maximum Gasteiger partial charge on any atom is 0.281 e. The van der Waals surface area contributed by atoms with Crippen molar-refractivity contribution in [3.05, 3.63) is 63.1 Å². The molecule has 0 amide bonds. The number of nitrogens with one attached hydrogen (secondary N) is 1. The van der Waals surface area contributed by atoms with Crippen LogP contribution in [0.3, 0.4) is 0 Å². The van der Waals surface area contributed by atoms with Gasteiger partial charge in [0.15, 0.2) is 5.65 Å². The number of halogens is 3. The first-order valence-corrected chi connectivity index (χ1v) is 8.22. The highest BCUT2D eigenvalue weighted by atomic mass is 19.3. The Kier molecular flexibility index (Phi) is 3.92. The zero-order chi connectivity index (χ0) is 20.2. The lowest BCUT2D eigenvalue weighted by atomic mass is 10.00. The summed E-state index contributed by atoms with van der Waals surface area (Å²) in [5, 5.41) is 11.9. The van der Waals surface area contributed by atoms with Crippen molar-refractivity contribution in [2.45, 2.75) is 20.3 Å². The van der Waals surface area contributed by atoms with E-state index in [-0.39, 0.29) is 22.5 Å². The van der Waals surface area contributed by atoms with E-state index in [9.17, 15) is 23.2 Å². The third-order valence-corrected chi connectivity index (χ3v) is 4.61. The predicted molar refractivity (Wildman–Crippen MR) is 95.7 cm³/mol. The number of pyridine rings is 1. The van der Waals surface area contributed by atoms with Crippen LogP contribution >= 0.6 is 0 Å². The van der Waals surface area contributed by atoms with Crippen molar-refractivity contribution in [1.29, 1.82) is 5.26 Å². The van der Waals surface area contributed by atoms with Gasteiger partial charge in [-0.1, -0.05) is 0 Å². The summed E-state index contributed by atoms with van der Waals surface area (Å²) in [5.74, 6) is -0.458. The number of hydrogen-bond donors (Lipinski definition) is 1. The quantitative estimate of drug-likeness (QED) is 0.570. The minimum atomic E-state index is -2.97. The first kappa shape index (κ1) is 17.7. The third kappa shape index (κ3) is 2.45. The molecule has 0 atom stereocenters. The molecule has 0 saturated heterocycles. The van der Waals surface area contributed by atoms with Gasteiger partial charge in [-0.2, -0.15) is 9.78 Å². The molecule has 0 radical (unpaired) electrons. The van der Waals surface area contributed by atoms with Gasteiger partial charge in [0.1, 0.15) is 23.1 Å². The fourth-order valence-corrected chi connectivity index (χ4v) is 3.26. The van der Waals surface area contributed by atoms with Gasteiger partial charge >= 0.3 is 0 Å². The van der Waals surface area contributed by atoms with Crippen LogP contribution in [0.5, 0.6) is 0 Å². The second-order valence-corrected chi connectivity index (χ2v) is 6.33. The number of benzene rings is 1. The van der Waals surface area contributed by atoms with Crippen LogP contribution in [0.2, 0.25) is 0 Å². The molecule has 6 nitrogen and oxygen atoms in total. The van der Waals surface area contributed by atoms with Gasteiger partial charge in [-0.3, -0.25) is 14.9 Å². The van der Waals surface area contributed by atoms with Crippen LogP contribution in [0.25, 0.3) is 27.7 Å². The van der Waals surface area contributed by atoms with Gasteiger partial charge in [0, 0.05) is 17.1 Å². The molecule has 0 aliphatic heterocycles. The van der Waals surface area contributed by atoms with Gasteiger partial charge in [-0.05, 0) is 37.6 Å². The normalized spacial score (nSPS) is 11.5. The zero-order valence-electron chi connectivity index (χ0n) is 14.7. The predicted octanol–water partition coefficient (Wildman–Crippen LogP) is 3.80. The number of alkyl halides is 2. The summed E-state index contributed by atoms with van der Waals surface area (Å²) in [6.07, 6.45) is -1.50. The molecule has 9 heteroatoms. The van der Waals surface area contributed by atoms with Crippen LogP contribution < -0.4 is 5.56 Å². The molecule has 0 fully saturated rings. The smallest absolute Gasteiger partial charge is 0.281 e. The van der Waals surface area contributed by atoms with E-state index in [4.69, 9.17) is 0 Å². The van der Waals surface area contributed by atoms with Crippen molar-refractivity contribution in [2.75, 3.05) is 0 Å². The van der Waals surface area contributed by atoms with E-state index in [0.717, 1.165) is 4.52 Å². The van der Waals surface area contributed by atoms with E-state index in [1.165, 1.54) is 25.3 Å². The van der Waals surface area contributed by atoms with Crippen molar-refractivity contribution < 1.29 is 13.2 Å². The highest BCUT2D eigenvalue weighted by molar-refractivity contribution is 5.95. The Morgan fingerprint density at radius 3 is 2.71 bits per heavy atom. The highest BCUT2D eigenvalue weighted by Gasteiger charge is 2.24. The third-order valence-electron chi connectivity index (χ3n) is 4.61. The van der Waals surface area contributed by atoms with Crippen molar-refractivity contribution >= 4 is 16.6 Å². The fourth-order valence-electron chi connectivity index (χ4n) is 3.26. The Morgan fingerprint density at radius 2 is 2.04 bits per heavy atom. The Bertz CT molecular complexity index is 1360. The molecule has 4 aromatic rings. The van der Waals surface area contributed by atoms with Gasteiger partial charge in [0.25, 0.3) is 12.0 Å². The lowest BCUT2D eigenvalue weighted by molar-refractivity contribution is 0.145. The SMILES string of the molecule is Cc1cc2nccc(-c3c(C)nc4c(C#N)c(C(F)F)[nH]n4c3=O)c2cc1F. The molecule has 1 N–H and O–H groups in total. The van der Waals surface area contributed by atoms with Gasteiger partial charge in [0.2, 0.25) is 0 Å². The van der Waals surface area contributed by atoms with Crippen molar-refractivity contribution in [1.82, 2.24) is 19.6 Å². The largest absolute Gasteiger partial charge is 0.287 e. The second kappa shape index (κ2) is 6.20. The van der Waals surface area contributed by atoms with E-state index >= 15 is 0 Å². The van der Waals surface area contributed by atoms with Gasteiger partial charge in [-0.15, -0.1) is 0 Å². The Labute approximate surface area is 155 Å². The number of nitriles is 1. The molecule has 3 aromatic heterocycles. The van der Waals surface area contributed by atoms with E-state index in [1.807, 2.05) is 0 Å². The van der Waals surface area contributed by atoms with Crippen molar-refractivity contribution in [2.24, 2.45) is 0 Å². The lowest BCUT2D eigenvalue weighted by Crippen LogP contribution is -2.19. The summed E-state index contributed by atoms with van der Waals surface area (Å²) in [4.78, 5) is 21.5. The zero-order valence-corrected chi connectivity index (χ0v) is 14.7. The topological polar surface area (TPSA) is 86.8 Å².